The minimum Gasteiger partial charge on any atom is -0.453 e. The van der Waals surface area contributed by atoms with Gasteiger partial charge in [-0.25, -0.2) is 14.6 Å². The number of aromatic amines is 2. The maximum absolute atomic E-state index is 14.0. The fourth-order valence-electron chi connectivity index (χ4n) is 9.59. The predicted molar refractivity (Wildman–Crippen MR) is 239 cm³/mol. The first-order valence-corrected chi connectivity index (χ1v) is 22.0. The van der Waals surface area contributed by atoms with Crippen LogP contribution in [0.1, 0.15) is 96.7 Å². The van der Waals surface area contributed by atoms with Crippen LogP contribution in [0, 0.1) is 17.3 Å². The molecular weight excluding hydrogens is 783 g/mol. The van der Waals surface area contributed by atoms with Crippen LogP contribution in [0.2, 0.25) is 0 Å². The lowest BCUT2D eigenvalue weighted by Crippen LogP contribution is -2.53. The second kappa shape index (κ2) is 17.3. The maximum atomic E-state index is 14.0. The summed E-state index contributed by atoms with van der Waals surface area (Å²) in [5.74, 6) is 0.355. The number of carbonyl (C=O) groups excluding carboxylic acids is 4. The Labute approximate surface area is 363 Å². The Morgan fingerprint density at radius 2 is 1.32 bits per heavy atom. The summed E-state index contributed by atoms with van der Waals surface area (Å²) in [6, 6.07) is 24.0. The lowest BCUT2D eigenvalue weighted by molar-refractivity contribution is -0.138. The second-order valence-electron chi connectivity index (χ2n) is 18.2. The van der Waals surface area contributed by atoms with Gasteiger partial charge in [-0.3, -0.25) is 9.59 Å². The molecule has 0 radical (unpaired) electrons. The molecule has 3 fully saturated rings. The van der Waals surface area contributed by atoms with Crippen molar-refractivity contribution in [3.8, 4) is 33.6 Å². The summed E-state index contributed by atoms with van der Waals surface area (Å²) in [5.41, 5.74) is 7.30. The topological polar surface area (TPSA) is 162 Å². The highest BCUT2D eigenvalue weighted by atomic mass is 16.5. The Hall–Kier alpha value is -6.11. The van der Waals surface area contributed by atoms with Crippen molar-refractivity contribution in [2.24, 2.45) is 17.3 Å². The number of fused-ring (bicyclic) bond motifs is 1. The van der Waals surface area contributed by atoms with Gasteiger partial charge in [0, 0.05) is 24.0 Å². The third-order valence-electron chi connectivity index (χ3n) is 13.4. The highest BCUT2D eigenvalue weighted by Crippen LogP contribution is 2.58. The molecule has 3 aromatic carbocycles. The Bertz CT molecular complexity index is 2450. The lowest BCUT2D eigenvalue weighted by Gasteiger charge is -2.34. The molecule has 4 heterocycles. The summed E-state index contributed by atoms with van der Waals surface area (Å²) in [6.45, 7) is 10.5. The monoisotopic (exact) mass is 841 g/mol. The van der Waals surface area contributed by atoms with E-state index < -0.39 is 24.3 Å². The molecular formula is C49H59N7O6. The molecule has 13 heteroatoms. The Kier molecular flexibility index (Phi) is 11.9. The number of nitrogens with zero attached hydrogens (tertiary/aromatic N) is 3. The number of benzene rings is 3. The van der Waals surface area contributed by atoms with E-state index in [1.165, 1.54) is 14.2 Å². The van der Waals surface area contributed by atoms with E-state index >= 15 is 0 Å². The van der Waals surface area contributed by atoms with E-state index in [1.54, 1.807) is 0 Å². The third-order valence-corrected chi connectivity index (χ3v) is 13.4. The van der Waals surface area contributed by atoms with Crippen molar-refractivity contribution in [1.29, 1.82) is 0 Å². The Morgan fingerprint density at radius 1 is 0.726 bits per heavy atom. The predicted octanol–water partition coefficient (Wildman–Crippen LogP) is 9.15. The number of methoxy groups -OCH3 is 2. The summed E-state index contributed by atoms with van der Waals surface area (Å²) in [4.78, 5) is 68.0. The maximum Gasteiger partial charge on any atom is 0.407 e. The standard InChI is InChI=1S/C49H59N7O6/c1-8-36-17-20-40(56(36)46(58)43(29(4)5)54-48(60)62-7)44-50-26-39(52-44)31-11-9-30(10-12-31)32-13-14-34-24-35(16-15-33(34)23-32)37-18-19-38(51-37)41-25-49(21-22-49)27-55(41)45(57)42(28(2)3)53-47(59)61-6/h9-16,18-19,23-24,26,28-29,36,40-43,51H,8,17,20-22,25,27H2,1-7H3,(H,50,52)(H,53,59)(H,54,60)/t36-,40+,41+,42+,43+/m1/s1. The fourth-order valence-corrected chi connectivity index (χ4v) is 9.59. The average molecular weight is 842 g/mol. The van der Waals surface area contributed by atoms with E-state index in [-0.39, 0.29) is 47.2 Å². The van der Waals surface area contributed by atoms with Gasteiger partial charge in [0.15, 0.2) is 0 Å². The van der Waals surface area contributed by atoms with Crippen LogP contribution in [0.15, 0.2) is 79.0 Å². The molecule has 1 aliphatic carbocycles. The molecule has 0 bridgehead atoms. The minimum atomic E-state index is -0.699. The number of hydrogen-bond acceptors (Lipinski definition) is 7. The molecule has 62 heavy (non-hydrogen) atoms. The van der Waals surface area contributed by atoms with Crippen LogP contribution < -0.4 is 10.6 Å². The molecule has 0 unspecified atom stereocenters. The van der Waals surface area contributed by atoms with Gasteiger partial charge in [0.2, 0.25) is 11.8 Å². The zero-order valence-electron chi connectivity index (χ0n) is 36.8. The smallest absolute Gasteiger partial charge is 0.407 e. The number of likely N-dealkylation sites (tertiary alicyclic amines) is 2. The number of ether oxygens (including phenoxy) is 2. The number of carbonyl (C=O) groups is 4. The van der Waals surface area contributed by atoms with Crippen molar-refractivity contribution in [1.82, 2.24) is 35.4 Å². The van der Waals surface area contributed by atoms with Gasteiger partial charge in [0.25, 0.3) is 0 Å². The van der Waals surface area contributed by atoms with Crippen LogP contribution in [0.5, 0.6) is 0 Å². The van der Waals surface area contributed by atoms with Crippen molar-refractivity contribution in [3.05, 3.63) is 90.5 Å². The first-order chi connectivity index (χ1) is 29.8. The molecule has 5 atom stereocenters. The highest BCUT2D eigenvalue weighted by Gasteiger charge is 2.55. The van der Waals surface area contributed by atoms with E-state index in [0.717, 1.165) is 94.5 Å². The normalized spacial score (nSPS) is 20.2. The SMILES string of the molecule is CC[C@@H]1CC[C@@H](c2ncc(-c3ccc(-c4ccc5cc(-c6ccc([C@@H]7CC8(CC8)CN7C(=O)[C@@H](NC(=O)OC)C(C)C)[nH]6)ccc5c4)cc3)[nH]2)N1C(=O)[C@@H](NC(=O)OC)C(C)C. The molecule has 1 saturated carbocycles. The van der Waals surface area contributed by atoms with E-state index in [0.29, 0.717) is 6.54 Å². The van der Waals surface area contributed by atoms with Crippen LogP contribution >= 0.6 is 0 Å². The van der Waals surface area contributed by atoms with Crippen LogP contribution in [-0.2, 0) is 19.1 Å². The van der Waals surface area contributed by atoms with Crippen LogP contribution in [0.25, 0.3) is 44.4 Å². The van der Waals surface area contributed by atoms with E-state index in [2.05, 4.69) is 100 Å². The Morgan fingerprint density at radius 3 is 1.94 bits per heavy atom. The lowest BCUT2D eigenvalue weighted by atomic mass is 9.98. The number of hydrogen-bond donors (Lipinski definition) is 4. The summed E-state index contributed by atoms with van der Waals surface area (Å²) in [6.07, 6.45) is 6.22. The minimum absolute atomic E-state index is 0.0558. The molecule has 13 nitrogen and oxygen atoms in total. The van der Waals surface area contributed by atoms with Gasteiger partial charge in [-0.1, -0.05) is 83.1 Å². The van der Waals surface area contributed by atoms with Crippen molar-refractivity contribution < 1.29 is 28.7 Å². The van der Waals surface area contributed by atoms with Crippen molar-refractivity contribution in [2.45, 2.75) is 103 Å². The van der Waals surface area contributed by atoms with Crippen molar-refractivity contribution in [2.75, 3.05) is 20.8 Å². The van der Waals surface area contributed by atoms with E-state index in [9.17, 15) is 19.2 Å². The number of amides is 4. The zero-order chi connectivity index (χ0) is 43.9. The van der Waals surface area contributed by atoms with Crippen LogP contribution in [0.3, 0.4) is 0 Å². The van der Waals surface area contributed by atoms with Gasteiger partial charge >= 0.3 is 12.2 Å². The third kappa shape index (κ3) is 8.41. The average Bonchev–Trinajstić information content (AvgIpc) is 3.78. The van der Waals surface area contributed by atoms with Gasteiger partial charge in [-0.2, -0.15) is 0 Å². The van der Waals surface area contributed by atoms with Crippen molar-refractivity contribution in [3.63, 3.8) is 0 Å². The van der Waals surface area contributed by atoms with Crippen LogP contribution in [-0.4, -0.2) is 87.6 Å². The van der Waals surface area contributed by atoms with Crippen LogP contribution in [0.4, 0.5) is 9.59 Å². The van der Waals surface area contributed by atoms with Gasteiger partial charge in [-0.15, -0.1) is 0 Å². The highest BCUT2D eigenvalue weighted by molar-refractivity contribution is 5.91. The van der Waals surface area contributed by atoms with Gasteiger partial charge in [0.05, 0.1) is 38.2 Å². The molecule has 2 saturated heterocycles. The number of aromatic nitrogens is 3. The summed E-state index contributed by atoms with van der Waals surface area (Å²) in [7, 11) is 2.62. The molecule has 2 aliphatic heterocycles. The molecule has 3 aliphatic rings. The summed E-state index contributed by atoms with van der Waals surface area (Å²) >= 11 is 0. The number of rotatable bonds is 12. The molecule has 2 aromatic heterocycles. The molecule has 326 valence electrons. The van der Waals surface area contributed by atoms with Crippen molar-refractivity contribution >= 4 is 34.8 Å². The second-order valence-corrected chi connectivity index (χ2v) is 18.2. The number of imidazole rings is 1. The first-order valence-electron chi connectivity index (χ1n) is 22.0. The number of alkyl carbamates (subject to hydrolysis) is 2. The van der Waals surface area contributed by atoms with E-state index in [1.807, 2.05) is 43.7 Å². The molecule has 4 amide bonds. The molecule has 8 rings (SSSR count). The van der Waals surface area contributed by atoms with E-state index in [4.69, 9.17) is 14.5 Å². The van der Waals surface area contributed by atoms with Gasteiger partial charge in [-0.05, 0) is 113 Å². The molecule has 4 N–H and O–H groups in total. The zero-order valence-corrected chi connectivity index (χ0v) is 36.8. The molecule has 5 aromatic rings. The summed E-state index contributed by atoms with van der Waals surface area (Å²) in [5, 5.41) is 7.77. The fraction of sp³-hybridized carbons (Fsp3) is 0.449. The Balaban J connectivity index is 0.962. The quantitative estimate of drug-likeness (QED) is 0.0974. The largest absolute Gasteiger partial charge is 0.453 e. The molecule has 1 spiro atoms. The van der Waals surface area contributed by atoms with Gasteiger partial charge < -0.3 is 39.9 Å². The summed E-state index contributed by atoms with van der Waals surface area (Å²) < 4.78 is 9.66. The first kappa shape index (κ1) is 42.6. The van der Waals surface area contributed by atoms with Gasteiger partial charge in [0.1, 0.15) is 17.9 Å². The number of nitrogens with one attached hydrogen (secondary N) is 4. The number of H-pyrrole nitrogens is 2.